The summed E-state index contributed by atoms with van der Waals surface area (Å²) in [5.74, 6) is 0.753. The number of hydrogen-bond acceptors (Lipinski definition) is 3. The van der Waals surface area contributed by atoms with Gasteiger partial charge in [-0.2, -0.15) is 0 Å². The lowest BCUT2D eigenvalue weighted by molar-refractivity contribution is -0.130. The zero-order chi connectivity index (χ0) is 13.0. The quantitative estimate of drug-likeness (QED) is 0.927. The van der Waals surface area contributed by atoms with E-state index in [-0.39, 0.29) is 12.0 Å². The van der Waals surface area contributed by atoms with Gasteiger partial charge in [0.15, 0.2) is 0 Å². The fourth-order valence-corrected chi connectivity index (χ4v) is 2.50. The maximum Gasteiger partial charge on any atom is 0.249 e. The molecule has 4 nitrogen and oxygen atoms in total. The van der Waals surface area contributed by atoms with E-state index in [1.807, 2.05) is 18.2 Å². The smallest absolute Gasteiger partial charge is 0.249 e. The maximum absolute atomic E-state index is 11.8. The number of benzene rings is 1. The van der Waals surface area contributed by atoms with Gasteiger partial charge in [0.05, 0.1) is 11.6 Å². The minimum Gasteiger partial charge on any atom is -0.496 e. The van der Waals surface area contributed by atoms with Crippen molar-refractivity contribution in [2.45, 2.75) is 25.5 Å². The predicted molar refractivity (Wildman–Crippen MR) is 71.5 cm³/mol. The lowest BCUT2D eigenvalue weighted by atomic mass is 10.2. The highest BCUT2D eigenvalue weighted by Gasteiger charge is 2.22. The van der Waals surface area contributed by atoms with Gasteiger partial charge in [-0.05, 0) is 46.5 Å². The van der Waals surface area contributed by atoms with Crippen LogP contribution in [0.25, 0.3) is 0 Å². The molecule has 0 aromatic heterocycles. The zero-order valence-corrected chi connectivity index (χ0v) is 11.8. The van der Waals surface area contributed by atoms with Gasteiger partial charge in [-0.1, -0.05) is 6.07 Å². The van der Waals surface area contributed by atoms with E-state index in [0.717, 1.165) is 28.6 Å². The molecule has 2 rings (SSSR count). The molecule has 1 aliphatic rings. The molecule has 1 N–H and O–H groups in total. The summed E-state index contributed by atoms with van der Waals surface area (Å²) in [7, 11) is 1.62. The van der Waals surface area contributed by atoms with Crippen LogP contribution in [0.15, 0.2) is 22.7 Å². The van der Waals surface area contributed by atoms with Crippen LogP contribution in [-0.4, -0.2) is 25.7 Å². The second-order valence-electron chi connectivity index (χ2n) is 4.19. The molecule has 0 aliphatic carbocycles. The molecule has 0 radical (unpaired) electrons. The SMILES string of the molecule is COc1ccc(CNC(=O)C2CCCO2)cc1Br. The monoisotopic (exact) mass is 313 g/mol. The van der Waals surface area contributed by atoms with E-state index >= 15 is 0 Å². The Morgan fingerprint density at radius 1 is 1.61 bits per heavy atom. The predicted octanol–water partition coefficient (Wildman–Crippen LogP) is 2.25. The minimum absolute atomic E-state index is 0.0283. The number of halogens is 1. The topological polar surface area (TPSA) is 47.6 Å². The summed E-state index contributed by atoms with van der Waals surface area (Å²) in [6, 6.07) is 5.74. The maximum atomic E-state index is 11.8. The molecule has 1 amide bonds. The Labute approximate surface area is 115 Å². The first-order valence-electron chi connectivity index (χ1n) is 5.92. The van der Waals surface area contributed by atoms with Crippen LogP contribution < -0.4 is 10.1 Å². The van der Waals surface area contributed by atoms with E-state index in [1.54, 1.807) is 7.11 Å². The molecule has 98 valence electrons. The number of nitrogens with one attached hydrogen (secondary N) is 1. The Hall–Kier alpha value is -1.07. The Balaban J connectivity index is 1.89. The second-order valence-corrected chi connectivity index (χ2v) is 5.04. The molecule has 1 aromatic carbocycles. The minimum atomic E-state index is -0.272. The van der Waals surface area contributed by atoms with E-state index in [2.05, 4.69) is 21.2 Å². The summed E-state index contributed by atoms with van der Waals surface area (Å²) in [6.07, 6.45) is 1.51. The van der Waals surface area contributed by atoms with E-state index in [1.165, 1.54) is 0 Å². The van der Waals surface area contributed by atoms with Crippen molar-refractivity contribution in [1.82, 2.24) is 5.32 Å². The summed E-state index contributed by atoms with van der Waals surface area (Å²) in [6.45, 7) is 1.19. The van der Waals surface area contributed by atoms with Gasteiger partial charge in [-0.25, -0.2) is 0 Å². The Morgan fingerprint density at radius 2 is 2.44 bits per heavy atom. The third-order valence-electron chi connectivity index (χ3n) is 2.91. The molecule has 1 saturated heterocycles. The van der Waals surface area contributed by atoms with Crippen molar-refractivity contribution in [2.75, 3.05) is 13.7 Å². The van der Waals surface area contributed by atoms with Crippen molar-refractivity contribution in [3.05, 3.63) is 28.2 Å². The number of amides is 1. The van der Waals surface area contributed by atoms with Crippen molar-refractivity contribution >= 4 is 21.8 Å². The van der Waals surface area contributed by atoms with E-state index in [4.69, 9.17) is 9.47 Å². The average molecular weight is 314 g/mol. The van der Waals surface area contributed by atoms with Crippen LogP contribution in [0.2, 0.25) is 0 Å². The molecule has 1 fully saturated rings. The summed E-state index contributed by atoms with van der Waals surface area (Å²) in [5.41, 5.74) is 1.02. The fraction of sp³-hybridized carbons (Fsp3) is 0.462. The summed E-state index contributed by atoms with van der Waals surface area (Å²) < 4.78 is 11.4. The molecule has 0 saturated carbocycles. The number of carbonyl (C=O) groups is 1. The largest absolute Gasteiger partial charge is 0.496 e. The third-order valence-corrected chi connectivity index (χ3v) is 3.52. The van der Waals surface area contributed by atoms with Gasteiger partial charge in [0.25, 0.3) is 0 Å². The van der Waals surface area contributed by atoms with Crippen molar-refractivity contribution in [3.63, 3.8) is 0 Å². The lowest BCUT2D eigenvalue weighted by Gasteiger charge is -2.11. The van der Waals surface area contributed by atoms with Crippen LogP contribution >= 0.6 is 15.9 Å². The van der Waals surface area contributed by atoms with Crippen LogP contribution in [0.1, 0.15) is 18.4 Å². The van der Waals surface area contributed by atoms with Gasteiger partial charge < -0.3 is 14.8 Å². The number of hydrogen-bond donors (Lipinski definition) is 1. The fourth-order valence-electron chi connectivity index (χ4n) is 1.91. The molecular weight excluding hydrogens is 298 g/mol. The van der Waals surface area contributed by atoms with E-state index in [0.29, 0.717) is 13.2 Å². The van der Waals surface area contributed by atoms with E-state index in [9.17, 15) is 4.79 Å². The van der Waals surface area contributed by atoms with Gasteiger partial charge in [0, 0.05) is 13.2 Å². The molecule has 1 heterocycles. The summed E-state index contributed by atoms with van der Waals surface area (Å²) >= 11 is 3.42. The zero-order valence-electron chi connectivity index (χ0n) is 10.2. The van der Waals surface area contributed by atoms with Gasteiger partial charge in [-0.15, -0.1) is 0 Å². The van der Waals surface area contributed by atoms with Gasteiger partial charge in [0.2, 0.25) is 5.91 Å². The number of rotatable bonds is 4. The average Bonchev–Trinajstić information content (AvgIpc) is 2.90. The van der Waals surface area contributed by atoms with Crippen LogP contribution in [-0.2, 0) is 16.1 Å². The molecule has 0 bridgehead atoms. The van der Waals surface area contributed by atoms with Crippen LogP contribution in [0, 0.1) is 0 Å². The van der Waals surface area contributed by atoms with Crippen molar-refractivity contribution < 1.29 is 14.3 Å². The number of carbonyl (C=O) groups excluding carboxylic acids is 1. The Morgan fingerprint density at radius 3 is 3.06 bits per heavy atom. The number of methoxy groups -OCH3 is 1. The van der Waals surface area contributed by atoms with Crippen LogP contribution in [0.5, 0.6) is 5.75 Å². The molecule has 1 aromatic rings. The molecule has 1 aliphatic heterocycles. The van der Waals surface area contributed by atoms with Gasteiger partial charge in [-0.3, -0.25) is 4.79 Å². The first-order valence-corrected chi connectivity index (χ1v) is 6.71. The van der Waals surface area contributed by atoms with Crippen molar-refractivity contribution in [3.8, 4) is 5.75 Å². The molecule has 5 heteroatoms. The first kappa shape index (κ1) is 13.4. The summed E-state index contributed by atoms with van der Waals surface area (Å²) in [5, 5.41) is 2.88. The van der Waals surface area contributed by atoms with Crippen molar-refractivity contribution in [2.24, 2.45) is 0 Å². The Kier molecular flexibility index (Phi) is 4.60. The lowest BCUT2D eigenvalue weighted by Crippen LogP contribution is -2.33. The highest BCUT2D eigenvalue weighted by atomic mass is 79.9. The van der Waals surface area contributed by atoms with Crippen LogP contribution in [0.3, 0.4) is 0 Å². The number of ether oxygens (including phenoxy) is 2. The van der Waals surface area contributed by atoms with E-state index < -0.39 is 0 Å². The highest BCUT2D eigenvalue weighted by molar-refractivity contribution is 9.10. The Bertz CT molecular complexity index is 430. The second kappa shape index (κ2) is 6.20. The van der Waals surface area contributed by atoms with Crippen molar-refractivity contribution in [1.29, 1.82) is 0 Å². The standard InChI is InChI=1S/C13H16BrNO3/c1-17-11-5-4-9(7-10(11)14)8-15-13(16)12-3-2-6-18-12/h4-5,7,12H,2-3,6,8H2,1H3,(H,15,16). The molecule has 18 heavy (non-hydrogen) atoms. The molecule has 1 unspecified atom stereocenters. The normalized spacial score (nSPS) is 18.7. The van der Waals surface area contributed by atoms with Gasteiger partial charge in [0.1, 0.15) is 11.9 Å². The first-order chi connectivity index (χ1) is 8.70. The summed E-state index contributed by atoms with van der Waals surface area (Å²) in [4.78, 5) is 11.8. The molecular formula is C13H16BrNO3. The third kappa shape index (κ3) is 3.23. The molecule has 0 spiro atoms. The van der Waals surface area contributed by atoms with Crippen LogP contribution in [0.4, 0.5) is 0 Å². The highest BCUT2D eigenvalue weighted by Crippen LogP contribution is 2.25. The van der Waals surface area contributed by atoms with Gasteiger partial charge >= 0.3 is 0 Å². The molecule has 1 atom stereocenters.